The van der Waals surface area contributed by atoms with E-state index in [2.05, 4.69) is 26.1 Å². The molecule has 0 bridgehead atoms. The lowest BCUT2D eigenvalue weighted by molar-refractivity contribution is 0.0904. The third-order valence-corrected chi connectivity index (χ3v) is 3.42. The van der Waals surface area contributed by atoms with Gasteiger partial charge >= 0.3 is 0 Å². The molecule has 0 aliphatic carbocycles. The SMILES string of the molecule is CC(C)(C)c1ccc(NC2CCOCC2)c(F)c1. The Morgan fingerprint density at radius 3 is 2.44 bits per heavy atom. The number of ether oxygens (including phenoxy) is 1. The minimum Gasteiger partial charge on any atom is -0.381 e. The predicted molar refractivity (Wildman–Crippen MR) is 72.6 cm³/mol. The molecule has 0 saturated carbocycles. The summed E-state index contributed by atoms with van der Waals surface area (Å²) < 4.78 is 19.3. The molecule has 2 rings (SSSR count). The van der Waals surface area contributed by atoms with Gasteiger partial charge in [0, 0.05) is 19.3 Å². The zero-order valence-electron chi connectivity index (χ0n) is 11.4. The maximum absolute atomic E-state index is 14.0. The van der Waals surface area contributed by atoms with Gasteiger partial charge in [0.25, 0.3) is 0 Å². The van der Waals surface area contributed by atoms with Crippen LogP contribution in [0.3, 0.4) is 0 Å². The van der Waals surface area contributed by atoms with Crippen molar-refractivity contribution in [1.82, 2.24) is 0 Å². The van der Waals surface area contributed by atoms with Crippen molar-refractivity contribution in [3.05, 3.63) is 29.6 Å². The molecule has 0 aromatic heterocycles. The van der Waals surface area contributed by atoms with Crippen LogP contribution < -0.4 is 5.32 Å². The fraction of sp³-hybridized carbons (Fsp3) is 0.600. The molecule has 0 atom stereocenters. The summed E-state index contributed by atoms with van der Waals surface area (Å²) in [5.74, 6) is -0.158. The Labute approximate surface area is 109 Å². The Bertz CT molecular complexity index is 405. The molecule has 1 N–H and O–H groups in total. The number of halogens is 1. The number of rotatable bonds is 2. The van der Waals surface area contributed by atoms with Crippen molar-refractivity contribution in [3.63, 3.8) is 0 Å². The van der Waals surface area contributed by atoms with E-state index in [9.17, 15) is 4.39 Å². The van der Waals surface area contributed by atoms with Gasteiger partial charge in [0.2, 0.25) is 0 Å². The molecule has 0 amide bonds. The van der Waals surface area contributed by atoms with Crippen LogP contribution >= 0.6 is 0 Å². The second-order valence-corrected chi connectivity index (χ2v) is 5.98. The third kappa shape index (κ3) is 3.22. The van der Waals surface area contributed by atoms with Crippen molar-refractivity contribution in [2.75, 3.05) is 18.5 Å². The molecule has 3 heteroatoms. The van der Waals surface area contributed by atoms with E-state index in [1.807, 2.05) is 12.1 Å². The Hall–Kier alpha value is -1.09. The molecule has 1 aromatic carbocycles. The van der Waals surface area contributed by atoms with Crippen LogP contribution in [-0.4, -0.2) is 19.3 Å². The topological polar surface area (TPSA) is 21.3 Å². The van der Waals surface area contributed by atoms with E-state index in [4.69, 9.17) is 4.74 Å². The Balaban J connectivity index is 2.09. The van der Waals surface area contributed by atoms with Crippen LogP contribution in [-0.2, 0) is 10.2 Å². The van der Waals surface area contributed by atoms with Crippen molar-refractivity contribution < 1.29 is 9.13 Å². The molecule has 1 saturated heterocycles. The molecule has 18 heavy (non-hydrogen) atoms. The molecule has 1 heterocycles. The summed E-state index contributed by atoms with van der Waals surface area (Å²) in [6.45, 7) is 7.80. The monoisotopic (exact) mass is 251 g/mol. The van der Waals surface area contributed by atoms with E-state index in [1.165, 1.54) is 0 Å². The first-order valence-corrected chi connectivity index (χ1v) is 6.61. The molecule has 1 aliphatic heterocycles. The first kappa shape index (κ1) is 13.3. The molecule has 2 nitrogen and oxygen atoms in total. The highest BCUT2D eigenvalue weighted by Crippen LogP contribution is 2.26. The van der Waals surface area contributed by atoms with E-state index >= 15 is 0 Å². The number of hydrogen-bond acceptors (Lipinski definition) is 2. The van der Waals surface area contributed by atoms with Crippen LogP contribution in [0.1, 0.15) is 39.2 Å². The molecule has 0 unspecified atom stereocenters. The summed E-state index contributed by atoms with van der Waals surface area (Å²) >= 11 is 0. The fourth-order valence-electron chi connectivity index (χ4n) is 2.16. The van der Waals surface area contributed by atoms with Crippen molar-refractivity contribution in [3.8, 4) is 0 Å². The maximum Gasteiger partial charge on any atom is 0.146 e. The number of benzene rings is 1. The van der Waals surface area contributed by atoms with Crippen LogP contribution in [0, 0.1) is 5.82 Å². The van der Waals surface area contributed by atoms with E-state index < -0.39 is 0 Å². The molecular weight excluding hydrogens is 229 g/mol. The number of nitrogens with one attached hydrogen (secondary N) is 1. The largest absolute Gasteiger partial charge is 0.381 e. The predicted octanol–water partition coefficient (Wildman–Crippen LogP) is 3.71. The highest BCUT2D eigenvalue weighted by atomic mass is 19.1. The summed E-state index contributed by atoms with van der Waals surface area (Å²) in [5.41, 5.74) is 1.62. The van der Waals surface area contributed by atoms with Gasteiger partial charge in [-0.1, -0.05) is 26.8 Å². The highest BCUT2D eigenvalue weighted by molar-refractivity contribution is 5.48. The zero-order valence-corrected chi connectivity index (χ0v) is 11.4. The van der Waals surface area contributed by atoms with Crippen molar-refractivity contribution >= 4 is 5.69 Å². The van der Waals surface area contributed by atoms with Crippen LogP contribution in [0.25, 0.3) is 0 Å². The second-order valence-electron chi connectivity index (χ2n) is 5.98. The van der Waals surface area contributed by atoms with Gasteiger partial charge in [0.15, 0.2) is 0 Å². The number of hydrogen-bond donors (Lipinski definition) is 1. The van der Waals surface area contributed by atoms with Gasteiger partial charge in [-0.3, -0.25) is 0 Å². The van der Waals surface area contributed by atoms with Crippen LogP contribution in [0.15, 0.2) is 18.2 Å². The van der Waals surface area contributed by atoms with Gasteiger partial charge < -0.3 is 10.1 Å². The van der Waals surface area contributed by atoms with Gasteiger partial charge in [-0.05, 0) is 36.0 Å². The van der Waals surface area contributed by atoms with Crippen LogP contribution in [0.4, 0.5) is 10.1 Å². The lowest BCUT2D eigenvalue weighted by atomic mass is 9.87. The molecule has 1 fully saturated rings. The van der Waals surface area contributed by atoms with Gasteiger partial charge in [0.1, 0.15) is 5.82 Å². The molecular formula is C15H22FNO. The summed E-state index contributed by atoms with van der Waals surface area (Å²) in [7, 11) is 0. The van der Waals surface area contributed by atoms with E-state index in [0.717, 1.165) is 31.6 Å². The van der Waals surface area contributed by atoms with Gasteiger partial charge in [-0.15, -0.1) is 0 Å². The molecule has 1 aliphatic rings. The first-order chi connectivity index (χ1) is 8.47. The summed E-state index contributed by atoms with van der Waals surface area (Å²) in [4.78, 5) is 0. The summed E-state index contributed by atoms with van der Waals surface area (Å²) in [5, 5.41) is 3.27. The van der Waals surface area contributed by atoms with E-state index in [0.29, 0.717) is 11.7 Å². The fourth-order valence-corrected chi connectivity index (χ4v) is 2.16. The Morgan fingerprint density at radius 2 is 1.89 bits per heavy atom. The standard InChI is InChI=1S/C15H22FNO/c1-15(2,3)11-4-5-14(13(16)10-11)17-12-6-8-18-9-7-12/h4-5,10,12,17H,6-9H2,1-3H3. The lowest BCUT2D eigenvalue weighted by Crippen LogP contribution is -2.28. The average molecular weight is 251 g/mol. The van der Waals surface area contributed by atoms with Crippen LogP contribution in [0.5, 0.6) is 0 Å². The second kappa shape index (κ2) is 5.27. The van der Waals surface area contributed by atoms with E-state index in [1.54, 1.807) is 6.07 Å². The van der Waals surface area contributed by atoms with Gasteiger partial charge in [-0.2, -0.15) is 0 Å². The maximum atomic E-state index is 14.0. The summed E-state index contributed by atoms with van der Waals surface area (Å²) in [6.07, 6.45) is 1.89. The van der Waals surface area contributed by atoms with Gasteiger partial charge in [-0.25, -0.2) is 4.39 Å². The number of anilines is 1. The van der Waals surface area contributed by atoms with Crippen molar-refractivity contribution in [1.29, 1.82) is 0 Å². The molecule has 100 valence electrons. The smallest absolute Gasteiger partial charge is 0.146 e. The third-order valence-electron chi connectivity index (χ3n) is 3.42. The van der Waals surface area contributed by atoms with Gasteiger partial charge in [0.05, 0.1) is 5.69 Å². The van der Waals surface area contributed by atoms with Crippen molar-refractivity contribution in [2.45, 2.75) is 45.1 Å². The Morgan fingerprint density at radius 1 is 1.22 bits per heavy atom. The quantitative estimate of drug-likeness (QED) is 0.865. The molecule has 0 spiro atoms. The lowest BCUT2D eigenvalue weighted by Gasteiger charge is -2.25. The van der Waals surface area contributed by atoms with Crippen LogP contribution in [0.2, 0.25) is 0 Å². The summed E-state index contributed by atoms with van der Waals surface area (Å²) in [6, 6.07) is 5.83. The van der Waals surface area contributed by atoms with Crippen molar-refractivity contribution in [2.24, 2.45) is 0 Å². The highest BCUT2D eigenvalue weighted by Gasteiger charge is 2.18. The molecule has 1 aromatic rings. The average Bonchev–Trinajstić information content (AvgIpc) is 2.32. The Kier molecular flexibility index (Phi) is 3.91. The normalized spacial score (nSPS) is 17.8. The zero-order chi connectivity index (χ0) is 13.2. The molecule has 0 radical (unpaired) electrons. The first-order valence-electron chi connectivity index (χ1n) is 6.61. The van der Waals surface area contributed by atoms with E-state index in [-0.39, 0.29) is 11.2 Å². The minimum atomic E-state index is -0.158. The minimum absolute atomic E-state index is 0.0158.